The molecular weight excluding hydrogens is 392 g/mol. The van der Waals surface area contributed by atoms with E-state index < -0.39 is 24.4 Å². The minimum absolute atomic E-state index is 0.0237. The quantitative estimate of drug-likeness (QED) is 0.559. The Morgan fingerprint density at radius 1 is 1.14 bits per heavy atom. The molecule has 0 aliphatic heterocycles. The molecule has 0 bridgehead atoms. The number of nitrogens with one attached hydrogen (secondary N) is 1. The van der Waals surface area contributed by atoms with Crippen LogP contribution in [0.2, 0.25) is 0 Å². The van der Waals surface area contributed by atoms with Crippen molar-refractivity contribution in [2.45, 2.75) is 19.3 Å². The molecule has 29 heavy (non-hydrogen) atoms. The van der Waals surface area contributed by atoms with Crippen LogP contribution in [0.3, 0.4) is 0 Å². The predicted octanol–water partition coefficient (Wildman–Crippen LogP) is 2.99. The number of ether oxygens (including phenoxy) is 1. The summed E-state index contributed by atoms with van der Waals surface area (Å²) in [5, 5.41) is 14.6. The number of nitrogens with two attached hydrogens (primary N) is 1. The first-order valence-corrected chi connectivity index (χ1v) is 9.89. The highest BCUT2D eigenvalue weighted by molar-refractivity contribution is 7.17. The van der Waals surface area contributed by atoms with Crippen LogP contribution in [0.5, 0.6) is 5.75 Å². The molecule has 0 unspecified atom stereocenters. The van der Waals surface area contributed by atoms with E-state index in [1.54, 1.807) is 18.2 Å². The molecule has 1 aromatic heterocycles. The lowest BCUT2D eigenvalue weighted by atomic mass is 10.1. The molecule has 0 saturated carbocycles. The average Bonchev–Trinajstić information content (AvgIpc) is 3.27. The van der Waals surface area contributed by atoms with Gasteiger partial charge in [-0.25, -0.2) is 4.79 Å². The molecule has 2 aromatic carbocycles. The molecule has 1 aliphatic carbocycles. The van der Waals surface area contributed by atoms with Gasteiger partial charge >= 0.3 is 5.97 Å². The van der Waals surface area contributed by atoms with Crippen LogP contribution in [-0.2, 0) is 22.4 Å². The first-order chi connectivity index (χ1) is 14.0. The van der Waals surface area contributed by atoms with Crippen LogP contribution >= 0.6 is 11.3 Å². The van der Waals surface area contributed by atoms with Crippen molar-refractivity contribution in [3.63, 3.8) is 0 Å². The van der Waals surface area contributed by atoms with Crippen LogP contribution in [0, 0.1) is 0 Å². The number of phenols is 1. The van der Waals surface area contributed by atoms with Gasteiger partial charge in [0.1, 0.15) is 16.3 Å². The van der Waals surface area contributed by atoms with Crippen molar-refractivity contribution in [3.8, 4) is 5.75 Å². The molecule has 8 heteroatoms. The lowest BCUT2D eigenvalue weighted by Crippen LogP contribution is -2.22. The van der Waals surface area contributed by atoms with Crippen LogP contribution in [-0.4, -0.2) is 29.5 Å². The molecular formula is C21H18N2O5S. The fraction of sp³-hybridized carbons (Fsp3) is 0.190. The first kappa shape index (κ1) is 18.9. The number of esters is 1. The monoisotopic (exact) mass is 410 g/mol. The van der Waals surface area contributed by atoms with Gasteiger partial charge in [0.15, 0.2) is 6.61 Å². The zero-order valence-corrected chi connectivity index (χ0v) is 16.2. The van der Waals surface area contributed by atoms with Gasteiger partial charge in [0.25, 0.3) is 11.8 Å². The van der Waals surface area contributed by atoms with Crippen LogP contribution in [0.15, 0.2) is 36.4 Å². The number of aromatic hydroxyl groups is 1. The second-order valence-electron chi connectivity index (χ2n) is 6.73. The highest BCUT2D eigenvalue weighted by atomic mass is 32.1. The number of hydrogen-bond donors (Lipinski definition) is 3. The van der Waals surface area contributed by atoms with Gasteiger partial charge in [-0.3, -0.25) is 9.59 Å². The van der Waals surface area contributed by atoms with E-state index in [9.17, 15) is 19.5 Å². The maximum atomic E-state index is 12.3. The summed E-state index contributed by atoms with van der Waals surface area (Å²) in [7, 11) is 0. The maximum Gasteiger partial charge on any atom is 0.342 e. The molecule has 0 fully saturated rings. The number of carbonyl (C=O) groups excluding carboxylic acids is 3. The summed E-state index contributed by atoms with van der Waals surface area (Å²) in [5.74, 6) is -2.18. The van der Waals surface area contributed by atoms with Crippen molar-refractivity contribution in [3.05, 3.63) is 58.0 Å². The number of phenolic OH excluding ortho intramolecular Hbond substituents is 1. The number of thiophene rings is 1. The Hall–Kier alpha value is -3.39. The molecule has 4 rings (SSSR count). The summed E-state index contributed by atoms with van der Waals surface area (Å²) in [4.78, 5) is 37.4. The lowest BCUT2D eigenvalue weighted by molar-refractivity contribution is -0.119. The molecule has 2 amide bonds. The number of carbonyl (C=O) groups is 3. The zero-order valence-electron chi connectivity index (χ0n) is 15.4. The SMILES string of the molecule is NC(=O)c1c(NC(=O)COC(=O)c2ccc3ccccc3c2O)sc2c1CCC2. The summed E-state index contributed by atoms with van der Waals surface area (Å²) < 4.78 is 5.05. The van der Waals surface area contributed by atoms with Crippen molar-refractivity contribution in [2.75, 3.05) is 11.9 Å². The molecule has 0 radical (unpaired) electrons. The number of amides is 2. The highest BCUT2D eigenvalue weighted by Crippen LogP contribution is 2.38. The fourth-order valence-electron chi connectivity index (χ4n) is 3.54. The van der Waals surface area contributed by atoms with Crippen molar-refractivity contribution in [2.24, 2.45) is 5.73 Å². The number of primary amides is 1. The topological polar surface area (TPSA) is 119 Å². The Balaban J connectivity index is 1.45. The van der Waals surface area contributed by atoms with Gasteiger partial charge in [0.05, 0.1) is 5.56 Å². The Kier molecular flexibility index (Phi) is 4.94. The molecule has 4 N–H and O–H groups in total. The summed E-state index contributed by atoms with van der Waals surface area (Å²) in [6.45, 7) is -0.550. The van der Waals surface area contributed by atoms with Gasteiger partial charge in [0.2, 0.25) is 0 Å². The van der Waals surface area contributed by atoms with E-state index in [0.717, 1.165) is 35.1 Å². The van der Waals surface area contributed by atoms with E-state index in [1.165, 1.54) is 17.4 Å². The molecule has 1 heterocycles. The Morgan fingerprint density at radius 3 is 2.72 bits per heavy atom. The van der Waals surface area contributed by atoms with E-state index in [4.69, 9.17) is 10.5 Å². The maximum absolute atomic E-state index is 12.3. The Bertz CT molecular complexity index is 1150. The second kappa shape index (κ2) is 7.56. The predicted molar refractivity (Wildman–Crippen MR) is 109 cm³/mol. The molecule has 0 saturated heterocycles. The lowest BCUT2D eigenvalue weighted by Gasteiger charge is -2.09. The molecule has 148 valence electrons. The van der Waals surface area contributed by atoms with Gasteiger partial charge in [-0.1, -0.05) is 30.3 Å². The number of benzene rings is 2. The van der Waals surface area contributed by atoms with Crippen molar-refractivity contribution in [1.82, 2.24) is 0 Å². The van der Waals surface area contributed by atoms with Crippen LogP contribution in [0.25, 0.3) is 10.8 Å². The Morgan fingerprint density at radius 2 is 1.93 bits per heavy atom. The molecule has 1 aliphatic rings. The van der Waals surface area contributed by atoms with Gasteiger partial charge in [0, 0.05) is 10.3 Å². The largest absolute Gasteiger partial charge is 0.506 e. The highest BCUT2D eigenvalue weighted by Gasteiger charge is 2.26. The molecule has 0 atom stereocenters. The third kappa shape index (κ3) is 3.54. The molecule has 3 aromatic rings. The average molecular weight is 410 g/mol. The van der Waals surface area contributed by atoms with Crippen LogP contribution in [0.4, 0.5) is 5.00 Å². The summed E-state index contributed by atoms with van der Waals surface area (Å²) in [5.41, 5.74) is 6.69. The number of fused-ring (bicyclic) bond motifs is 2. The standard InChI is InChI=1S/C21H18N2O5S/c22-19(26)17-13-6-3-7-15(13)29-20(17)23-16(24)10-28-21(27)14-9-8-11-4-1-2-5-12(11)18(14)25/h1-2,4-5,8-9,25H,3,6-7,10H2,(H2,22,26)(H,23,24). The van der Waals surface area contributed by atoms with E-state index in [2.05, 4.69) is 5.32 Å². The first-order valence-electron chi connectivity index (χ1n) is 9.07. The summed E-state index contributed by atoms with van der Waals surface area (Å²) in [6.07, 6.45) is 2.57. The van der Waals surface area contributed by atoms with E-state index in [0.29, 0.717) is 16.0 Å². The van der Waals surface area contributed by atoms with E-state index in [1.807, 2.05) is 12.1 Å². The third-order valence-corrected chi connectivity index (χ3v) is 6.08. The van der Waals surface area contributed by atoms with Gasteiger partial charge in [-0.15, -0.1) is 11.3 Å². The van der Waals surface area contributed by atoms with Gasteiger partial charge in [-0.05, 0) is 36.3 Å². The Labute approximate surface area is 170 Å². The number of rotatable bonds is 5. The van der Waals surface area contributed by atoms with Crippen molar-refractivity contribution >= 4 is 44.9 Å². The number of aryl methyl sites for hydroxylation is 1. The third-order valence-electron chi connectivity index (χ3n) is 4.88. The van der Waals surface area contributed by atoms with Gasteiger partial charge in [-0.2, -0.15) is 0 Å². The van der Waals surface area contributed by atoms with Crippen LogP contribution < -0.4 is 11.1 Å². The molecule has 7 nitrogen and oxygen atoms in total. The minimum atomic E-state index is -0.813. The van der Waals surface area contributed by atoms with Crippen LogP contribution in [0.1, 0.15) is 37.6 Å². The van der Waals surface area contributed by atoms with Gasteiger partial charge < -0.3 is 20.9 Å². The second-order valence-corrected chi connectivity index (χ2v) is 7.84. The summed E-state index contributed by atoms with van der Waals surface area (Å²) in [6, 6.07) is 10.2. The van der Waals surface area contributed by atoms with Crippen molar-refractivity contribution < 1.29 is 24.2 Å². The van der Waals surface area contributed by atoms with E-state index >= 15 is 0 Å². The zero-order chi connectivity index (χ0) is 20.5. The smallest absolute Gasteiger partial charge is 0.342 e. The molecule has 0 spiro atoms. The fourth-order valence-corrected chi connectivity index (χ4v) is 4.86. The normalized spacial score (nSPS) is 12.6. The summed E-state index contributed by atoms with van der Waals surface area (Å²) >= 11 is 1.33. The van der Waals surface area contributed by atoms with E-state index in [-0.39, 0.29) is 11.3 Å². The number of anilines is 1. The number of hydrogen-bond acceptors (Lipinski definition) is 6. The minimum Gasteiger partial charge on any atom is -0.506 e. The van der Waals surface area contributed by atoms with Crippen molar-refractivity contribution in [1.29, 1.82) is 0 Å².